The van der Waals surface area contributed by atoms with E-state index < -0.39 is 6.10 Å². The van der Waals surface area contributed by atoms with Crippen LogP contribution in [0.2, 0.25) is 5.02 Å². The molecule has 0 saturated heterocycles. The van der Waals surface area contributed by atoms with E-state index in [2.05, 4.69) is 5.32 Å². The van der Waals surface area contributed by atoms with Crippen molar-refractivity contribution in [3.05, 3.63) is 88.4 Å². The molecule has 1 N–H and O–H groups in total. The number of amides is 1. The minimum atomic E-state index is -0.600. The zero-order chi connectivity index (χ0) is 21.1. The Morgan fingerprint density at radius 2 is 1.53 bits per heavy atom. The molecule has 1 aliphatic rings. The Hall–Kier alpha value is -3.18. The summed E-state index contributed by atoms with van der Waals surface area (Å²) in [6, 6.07) is 20.3. The number of halogens is 1. The van der Waals surface area contributed by atoms with Crippen molar-refractivity contribution >= 4 is 17.5 Å². The molecule has 1 aliphatic heterocycles. The topological polar surface area (TPSA) is 56.8 Å². The van der Waals surface area contributed by atoms with E-state index in [0.29, 0.717) is 17.2 Å². The van der Waals surface area contributed by atoms with Crippen LogP contribution in [0.15, 0.2) is 66.7 Å². The van der Waals surface area contributed by atoms with Gasteiger partial charge in [0.05, 0.1) is 20.3 Å². The number of hydrogen-bond donors (Lipinski definition) is 1. The zero-order valence-electron chi connectivity index (χ0n) is 16.7. The molecule has 0 aliphatic carbocycles. The molecule has 0 fully saturated rings. The fourth-order valence-corrected chi connectivity index (χ4v) is 3.75. The quantitative estimate of drug-likeness (QED) is 0.631. The van der Waals surface area contributed by atoms with Gasteiger partial charge in [0.15, 0.2) is 6.10 Å². The summed E-state index contributed by atoms with van der Waals surface area (Å²) < 4.78 is 16.4. The molecule has 3 aromatic carbocycles. The third kappa shape index (κ3) is 4.21. The summed E-state index contributed by atoms with van der Waals surface area (Å²) in [7, 11) is 3.25. The Kier molecular flexibility index (Phi) is 5.81. The molecule has 0 spiro atoms. The highest BCUT2D eigenvalue weighted by Crippen LogP contribution is 2.32. The Bertz CT molecular complexity index is 987. The summed E-state index contributed by atoms with van der Waals surface area (Å²) in [6.07, 6.45) is -0.114. The van der Waals surface area contributed by atoms with Gasteiger partial charge in [-0.15, -0.1) is 0 Å². The molecule has 30 heavy (non-hydrogen) atoms. The maximum atomic E-state index is 13.1. The normalized spacial score (nSPS) is 14.7. The van der Waals surface area contributed by atoms with Gasteiger partial charge in [-0.2, -0.15) is 0 Å². The second kappa shape index (κ2) is 8.67. The second-order valence-electron chi connectivity index (χ2n) is 7.05. The average molecular weight is 424 g/mol. The van der Waals surface area contributed by atoms with Crippen molar-refractivity contribution in [3.63, 3.8) is 0 Å². The van der Waals surface area contributed by atoms with E-state index in [-0.39, 0.29) is 11.9 Å². The standard InChI is InChI=1S/C24H22ClNO4/c1-28-19-8-3-15(4-9-19)23(16-5-10-20(29-2)11-6-16)26-24(27)22-14-17-13-18(25)7-12-21(17)30-22/h3-13,22-23H,14H2,1-2H3,(H,26,27). The van der Waals surface area contributed by atoms with Crippen LogP contribution in [0.3, 0.4) is 0 Å². The third-order valence-corrected chi connectivity index (χ3v) is 5.41. The monoisotopic (exact) mass is 423 g/mol. The molecule has 1 amide bonds. The predicted molar refractivity (Wildman–Crippen MR) is 116 cm³/mol. The van der Waals surface area contributed by atoms with Crippen LogP contribution in [0.4, 0.5) is 0 Å². The molecule has 0 aromatic heterocycles. The van der Waals surface area contributed by atoms with Gasteiger partial charge >= 0.3 is 0 Å². The first-order chi connectivity index (χ1) is 14.6. The number of carbonyl (C=O) groups excluding carboxylic acids is 1. The lowest BCUT2D eigenvalue weighted by Gasteiger charge is -2.22. The largest absolute Gasteiger partial charge is 0.497 e. The lowest BCUT2D eigenvalue weighted by molar-refractivity contribution is -0.127. The van der Waals surface area contributed by atoms with Crippen molar-refractivity contribution in [2.45, 2.75) is 18.6 Å². The van der Waals surface area contributed by atoms with Gasteiger partial charge in [0.1, 0.15) is 17.2 Å². The Morgan fingerprint density at radius 3 is 2.07 bits per heavy atom. The van der Waals surface area contributed by atoms with E-state index in [1.807, 2.05) is 54.6 Å². The molecule has 4 rings (SSSR count). The fourth-order valence-electron chi connectivity index (χ4n) is 3.55. The van der Waals surface area contributed by atoms with Crippen LogP contribution in [0.1, 0.15) is 22.7 Å². The average Bonchev–Trinajstić information content (AvgIpc) is 3.21. The number of ether oxygens (including phenoxy) is 3. The van der Waals surface area contributed by atoms with Gasteiger partial charge in [-0.25, -0.2) is 0 Å². The van der Waals surface area contributed by atoms with E-state index >= 15 is 0 Å². The minimum absolute atomic E-state index is 0.182. The molecular formula is C24H22ClNO4. The van der Waals surface area contributed by atoms with Crippen molar-refractivity contribution in [2.24, 2.45) is 0 Å². The van der Waals surface area contributed by atoms with Gasteiger partial charge in [0.2, 0.25) is 0 Å². The minimum Gasteiger partial charge on any atom is -0.497 e. The van der Waals surface area contributed by atoms with Crippen LogP contribution in [0.5, 0.6) is 17.2 Å². The Morgan fingerprint density at radius 1 is 0.967 bits per heavy atom. The Balaban J connectivity index is 1.58. The van der Waals surface area contributed by atoms with E-state index in [1.165, 1.54) is 0 Å². The maximum absolute atomic E-state index is 13.1. The predicted octanol–water partition coefficient (Wildman–Crippen LogP) is 4.57. The van der Waals surface area contributed by atoms with Gasteiger partial charge in [0, 0.05) is 11.4 Å². The number of carbonyl (C=O) groups is 1. The van der Waals surface area contributed by atoms with Crippen molar-refractivity contribution in [3.8, 4) is 17.2 Å². The van der Waals surface area contributed by atoms with Crippen LogP contribution >= 0.6 is 11.6 Å². The fraction of sp³-hybridized carbons (Fsp3) is 0.208. The maximum Gasteiger partial charge on any atom is 0.262 e. The highest BCUT2D eigenvalue weighted by Gasteiger charge is 2.31. The van der Waals surface area contributed by atoms with Crippen LogP contribution < -0.4 is 19.5 Å². The van der Waals surface area contributed by atoms with Gasteiger partial charge in [-0.05, 0) is 59.2 Å². The lowest BCUT2D eigenvalue weighted by Crippen LogP contribution is -2.40. The van der Waals surface area contributed by atoms with Crippen LogP contribution in [0, 0.1) is 0 Å². The van der Waals surface area contributed by atoms with Crippen molar-refractivity contribution < 1.29 is 19.0 Å². The number of methoxy groups -OCH3 is 2. The molecule has 154 valence electrons. The van der Waals surface area contributed by atoms with Crippen LogP contribution in [-0.2, 0) is 11.2 Å². The van der Waals surface area contributed by atoms with E-state index in [4.69, 9.17) is 25.8 Å². The first kappa shape index (κ1) is 20.1. The van der Waals surface area contributed by atoms with Gasteiger partial charge in [0.25, 0.3) is 5.91 Å². The molecule has 1 heterocycles. The van der Waals surface area contributed by atoms with Gasteiger partial charge in [-0.1, -0.05) is 35.9 Å². The molecule has 5 nitrogen and oxygen atoms in total. The number of rotatable bonds is 6. The van der Waals surface area contributed by atoms with E-state index in [0.717, 1.165) is 28.2 Å². The molecule has 0 bridgehead atoms. The SMILES string of the molecule is COc1ccc(C(NC(=O)C2Cc3cc(Cl)ccc3O2)c2ccc(OC)cc2)cc1. The smallest absolute Gasteiger partial charge is 0.262 e. The van der Waals surface area contributed by atoms with Crippen molar-refractivity contribution in [2.75, 3.05) is 14.2 Å². The highest BCUT2D eigenvalue weighted by atomic mass is 35.5. The summed E-state index contributed by atoms with van der Waals surface area (Å²) >= 11 is 6.07. The summed E-state index contributed by atoms with van der Waals surface area (Å²) in [5, 5.41) is 3.77. The van der Waals surface area contributed by atoms with E-state index in [1.54, 1.807) is 26.4 Å². The highest BCUT2D eigenvalue weighted by molar-refractivity contribution is 6.30. The molecule has 0 radical (unpaired) electrons. The lowest BCUT2D eigenvalue weighted by atomic mass is 9.97. The summed E-state index contributed by atoms with van der Waals surface area (Å²) in [5.74, 6) is 2.03. The first-order valence-electron chi connectivity index (χ1n) is 9.60. The van der Waals surface area contributed by atoms with Crippen molar-refractivity contribution in [1.82, 2.24) is 5.32 Å². The molecule has 1 unspecified atom stereocenters. The number of nitrogens with one attached hydrogen (secondary N) is 1. The van der Waals surface area contributed by atoms with Crippen molar-refractivity contribution in [1.29, 1.82) is 0 Å². The Labute approximate surface area is 180 Å². The van der Waals surface area contributed by atoms with Gasteiger partial charge < -0.3 is 19.5 Å². The first-order valence-corrected chi connectivity index (χ1v) is 9.98. The number of hydrogen-bond acceptors (Lipinski definition) is 4. The molecule has 1 atom stereocenters. The molecule has 6 heteroatoms. The zero-order valence-corrected chi connectivity index (χ0v) is 17.5. The van der Waals surface area contributed by atoms with Gasteiger partial charge in [-0.3, -0.25) is 4.79 Å². The summed E-state index contributed by atoms with van der Waals surface area (Å²) in [4.78, 5) is 13.1. The van der Waals surface area contributed by atoms with Crippen LogP contribution in [-0.4, -0.2) is 26.2 Å². The molecular weight excluding hydrogens is 402 g/mol. The molecule has 3 aromatic rings. The second-order valence-corrected chi connectivity index (χ2v) is 7.49. The summed E-state index contributed by atoms with van der Waals surface area (Å²) in [6.45, 7) is 0. The van der Waals surface area contributed by atoms with E-state index in [9.17, 15) is 4.79 Å². The number of fused-ring (bicyclic) bond motifs is 1. The number of benzene rings is 3. The van der Waals surface area contributed by atoms with Crippen LogP contribution in [0.25, 0.3) is 0 Å². The summed E-state index contributed by atoms with van der Waals surface area (Å²) in [5.41, 5.74) is 2.81. The third-order valence-electron chi connectivity index (χ3n) is 5.17. The molecule has 0 saturated carbocycles.